The number of hydrogen-bond donors (Lipinski definition) is 0. The van der Waals surface area contributed by atoms with E-state index in [1.54, 1.807) is 12.4 Å². The van der Waals surface area contributed by atoms with Crippen molar-refractivity contribution in [2.75, 3.05) is 0 Å². The molecule has 2 heteroatoms. The van der Waals surface area contributed by atoms with Gasteiger partial charge in [0, 0.05) is 24.4 Å². The largest absolute Gasteiger partial charge is 0.294 e. The van der Waals surface area contributed by atoms with E-state index in [1.165, 1.54) is 5.56 Å². The highest BCUT2D eigenvalue weighted by Crippen LogP contribution is 2.31. The van der Waals surface area contributed by atoms with Crippen LogP contribution in [0.3, 0.4) is 0 Å². The third-order valence-electron chi connectivity index (χ3n) is 3.38. The molecule has 1 aliphatic rings. The van der Waals surface area contributed by atoms with Crippen LogP contribution in [0.25, 0.3) is 0 Å². The fourth-order valence-corrected chi connectivity index (χ4v) is 2.48. The van der Waals surface area contributed by atoms with Crippen LogP contribution in [0.2, 0.25) is 0 Å². The van der Waals surface area contributed by atoms with Crippen molar-refractivity contribution in [3.63, 3.8) is 0 Å². The highest BCUT2D eigenvalue weighted by molar-refractivity contribution is 5.98. The van der Waals surface area contributed by atoms with Crippen molar-refractivity contribution in [3.05, 3.63) is 65.5 Å². The summed E-state index contributed by atoms with van der Waals surface area (Å²) in [4.78, 5) is 16.1. The highest BCUT2D eigenvalue weighted by Gasteiger charge is 2.25. The number of carbonyl (C=O) groups excluding carboxylic acids is 1. The average molecular weight is 223 g/mol. The molecule has 0 spiro atoms. The molecule has 0 N–H and O–H groups in total. The van der Waals surface area contributed by atoms with Gasteiger partial charge in [-0.3, -0.25) is 9.78 Å². The van der Waals surface area contributed by atoms with Gasteiger partial charge in [0.15, 0.2) is 5.78 Å². The van der Waals surface area contributed by atoms with Gasteiger partial charge in [0.25, 0.3) is 0 Å². The van der Waals surface area contributed by atoms with E-state index >= 15 is 0 Å². The fourth-order valence-electron chi connectivity index (χ4n) is 2.48. The molecule has 3 rings (SSSR count). The van der Waals surface area contributed by atoms with Gasteiger partial charge in [-0.2, -0.15) is 0 Å². The second kappa shape index (κ2) is 4.13. The number of carbonyl (C=O) groups is 1. The molecule has 17 heavy (non-hydrogen) atoms. The molecule has 0 bridgehead atoms. The molecule has 1 aromatic carbocycles. The molecule has 0 saturated carbocycles. The lowest BCUT2D eigenvalue weighted by molar-refractivity contribution is 0.0964. The first-order chi connectivity index (χ1) is 8.34. The maximum absolute atomic E-state index is 12.0. The van der Waals surface area contributed by atoms with Gasteiger partial charge in [-0.25, -0.2) is 0 Å². The Balaban J connectivity index is 1.97. The number of rotatable bonds is 1. The summed E-state index contributed by atoms with van der Waals surface area (Å²) in [7, 11) is 0. The Morgan fingerprint density at radius 2 is 1.88 bits per heavy atom. The van der Waals surface area contributed by atoms with Crippen LogP contribution in [0.5, 0.6) is 0 Å². The molecule has 1 heterocycles. The van der Waals surface area contributed by atoms with Gasteiger partial charge in [-0.15, -0.1) is 0 Å². The summed E-state index contributed by atoms with van der Waals surface area (Å²) in [5.41, 5.74) is 3.19. The van der Waals surface area contributed by atoms with E-state index in [2.05, 4.69) is 17.1 Å². The third-order valence-corrected chi connectivity index (χ3v) is 3.38. The lowest BCUT2D eigenvalue weighted by Crippen LogP contribution is -2.18. The summed E-state index contributed by atoms with van der Waals surface area (Å²) in [6, 6.07) is 12.2. The van der Waals surface area contributed by atoms with E-state index in [0.717, 1.165) is 17.5 Å². The second-order valence-electron chi connectivity index (χ2n) is 4.47. The summed E-state index contributed by atoms with van der Waals surface area (Å²) < 4.78 is 0. The third kappa shape index (κ3) is 1.86. The minimum absolute atomic E-state index is 0.216. The molecule has 1 aromatic heterocycles. The zero-order chi connectivity index (χ0) is 11.7. The van der Waals surface area contributed by atoms with E-state index in [4.69, 9.17) is 0 Å². The van der Waals surface area contributed by atoms with E-state index in [-0.39, 0.29) is 5.78 Å². The monoisotopic (exact) mass is 223 g/mol. The molecule has 0 amide bonds. The molecule has 2 aromatic rings. The summed E-state index contributed by atoms with van der Waals surface area (Å²) in [6.45, 7) is 0. The van der Waals surface area contributed by atoms with Crippen LogP contribution in [-0.2, 0) is 6.42 Å². The number of hydrogen-bond acceptors (Lipinski definition) is 2. The first kappa shape index (κ1) is 10.2. The van der Waals surface area contributed by atoms with Gasteiger partial charge in [-0.1, -0.05) is 30.3 Å². The Labute approximate surface area is 100 Å². The highest BCUT2D eigenvalue weighted by atomic mass is 16.1. The van der Waals surface area contributed by atoms with Gasteiger partial charge in [-0.05, 0) is 29.5 Å². The number of pyridine rings is 1. The topological polar surface area (TPSA) is 30.0 Å². The molecule has 84 valence electrons. The fraction of sp³-hybridized carbons (Fsp3) is 0.200. The van der Waals surface area contributed by atoms with Gasteiger partial charge >= 0.3 is 0 Å². The zero-order valence-corrected chi connectivity index (χ0v) is 9.47. The molecular weight excluding hydrogens is 210 g/mol. The van der Waals surface area contributed by atoms with Crippen molar-refractivity contribution in [2.45, 2.75) is 18.8 Å². The van der Waals surface area contributed by atoms with Crippen LogP contribution in [0.1, 0.15) is 33.8 Å². The van der Waals surface area contributed by atoms with Crippen molar-refractivity contribution in [1.82, 2.24) is 4.98 Å². The van der Waals surface area contributed by atoms with Gasteiger partial charge in [0.1, 0.15) is 0 Å². The Morgan fingerprint density at radius 1 is 1.06 bits per heavy atom. The SMILES string of the molecule is O=C1CC(c2ccccc2)Cc2ccncc21. The number of aromatic nitrogens is 1. The van der Waals surface area contributed by atoms with Gasteiger partial charge in [0.2, 0.25) is 0 Å². The van der Waals surface area contributed by atoms with Crippen LogP contribution in [-0.4, -0.2) is 10.8 Å². The first-order valence-electron chi connectivity index (χ1n) is 5.85. The summed E-state index contributed by atoms with van der Waals surface area (Å²) in [5, 5.41) is 0. The van der Waals surface area contributed by atoms with Crippen LogP contribution in [0.15, 0.2) is 48.8 Å². The Bertz CT molecular complexity index is 548. The summed E-state index contributed by atoms with van der Waals surface area (Å²) >= 11 is 0. The summed E-state index contributed by atoms with van der Waals surface area (Å²) in [5.74, 6) is 0.534. The van der Waals surface area contributed by atoms with Crippen molar-refractivity contribution in [2.24, 2.45) is 0 Å². The van der Waals surface area contributed by atoms with Crippen LogP contribution >= 0.6 is 0 Å². The van der Waals surface area contributed by atoms with Crippen molar-refractivity contribution >= 4 is 5.78 Å². The summed E-state index contributed by atoms with van der Waals surface area (Å²) in [6.07, 6.45) is 4.99. The van der Waals surface area contributed by atoms with E-state index in [0.29, 0.717) is 12.3 Å². The molecule has 0 saturated heterocycles. The van der Waals surface area contributed by atoms with Gasteiger partial charge in [0.05, 0.1) is 0 Å². The van der Waals surface area contributed by atoms with E-state index < -0.39 is 0 Å². The Morgan fingerprint density at radius 3 is 2.71 bits per heavy atom. The lowest BCUT2D eigenvalue weighted by Gasteiger charge is -2.23. The molecule has 1 unspecified atom stereocenters. The number of nitrogens with zero attached hydrogens (tertiary/aromatic N) is 1. The first-order valence-corrected chi connectivity index (χ1v) is 5.85. The number of benzene rings is 1. The molecule has 1 atom stereocenters. The quantitative estimate of drug-likeness (QED) is 0.744. The maximum atomic E-state index is 12.0. The van der Waals surface area contributed by atoms with E-state index in [9.17, 15) is 4.79 Å². The number of ketones is 1. The van der Waals surface area contributed by atoms with Crippen LogP contribution in [0, 0.1) is 0 Å². The van der Waals surface area contributed by atoms with Crippen molar-refractivity contribution < 1.29 is 4.79 Å². The van der Waals surface area contributed by atoms with Crippen molar-refractivity contribution in [1.29, 1.82) is 0 Å². The molecule has 2 nitrogen and oxygen atoms in total. The molecule has 0 aliphatic heterocycles. The average Bonchev–Trinajstić information content (AvgIpc) is 2.40. The number of Topliss-reactive ketones (excluding diaryl/α,β-unsaturated/α-hetero) is 1. The molecular formula is C15H13NO. The van der Waals surface area contributed by atoms with Gasteiger partial charge < -0.3 is 0 Å². The molecule has 0 fully saturated rings. The maximum Gasteiger partial charge on any atom is 0.165 e. The second-order valence-corrected chi connectivity index (χ2v) is 4.47. The van der Waals surface area contributed by atoms with Crippen molar-refractivity contribution in [3.8, 4) is 0 Å². The molecule has 1 aliphatic carbocycles. The predicted octanol–water partition coefficient (Wildman–Crippen LogP) is 2.99. The Kier molecular flexibility index (Phi) is 2.48. The normalized spacial score (nSPS) is 18.8. The standard InChI is InChI=1S/C15H13NO/c17-15-9-13(11-4-2-1-3-5-11)8-12-6-7-16-10-14(12)15/h1-7,10,13H,8-9H2. The Hall–Kier alpha value is -1.96. The minimum atomic E-state index is 0.216. The van der Waals surface area contributed by atoms with Crippen LogP contribution < -0.4 is 0 Å². The zero-order valence-electron chi connectivity index (χ0n) is 9.47. The van der Waals surface area contributed by atoms with Crippen LogP contribution in [0.4, 0.5) is 0 Å². The smallest absolute Gasteiger partial charge is 0.165 e. The molecule has 0 radical (unpaired) electrons. The van der Waals surface area contributed by atoms with E-state index in [1.807, 2.05) is 24.3 Å². The number of fused-ring (bicyclic) bond motifs is 1. The lowest BCUT2D eigenvalue weighted by atomic mass is 9.80. The predicted molar refractivity (Wildman–Crippen MR) is 66.1 cm³/mol. The minimum Gasteiger partial charge on any atom is -0.294 e.